The molecule has 0 saturated heterocycles. The molecule has 1 heterocycles. The first-order chi connectivity index (χ1) is 12.4. The van der Waals surface area contributed by atoms with Crippen molar-refractivity contribution in [3.8, 4) is 0 Å². The van der Waals surface area contributed by atoms with Crippen molar-refractivity contribution in [3.63, 3.8) is 0 Å². The van der Waals surface area contributed by atoms with Gasteiger partial charge in [-0.15, -0.1) is 10.2 Å². The molecule has 0 spiro atoms. The van der Waals surface area contributed by atoms with Gasteiger partial charge in [0.25, 0.3) is 5.91 Å². The molecule has 2 aromatic carbocycles. The van der Waals surface area contributed by atoms with Crippen molar-refractivity contribution in [2.75, 3.05) is 10.6 Å². The fraction of sp³-hybridized carbons (Fsp3) is 0.0556. The van der Waals surface area contributed by atoms with E-state index >= 15 is 0 Å². The molecule has 132 valence electrons. The van der Waals surface area contributed by atoms with Crippen molar-refractivity contribution in [2.24, 2.45) is 0 Å². The summed E-state index contributed by atoms with van der Waals surface area (Å²) < 4.78 is 38.9. The van der Waals surface area contributed by atoms with Gasteiger partial charge in [-0.3, -0.25) is 4.79 Å². The van der Waals surface area contributed by atoms with Crippen molar-refractivity contribution in [2.45, 2.75) is 6.18 Å². The summed E-state index contributed by atoms with van der Waals surface area (Å²) in [5.74, 6) is -0.371. The first-order valence-electron chi connectivity index (χ1n) is 7.57. The normalized spacial score (nSPS) is 11.0. The number of anilines is 3. The van der Waals surface area contributed by atoms with Gasteiger partial charge in [0.15, 0.2) is 11.5 Å². The summed E-state index contributed by atoms with van der Waals surface area (Å²) in [6, 6.07) is 16.8. The van der Waals surface area contributed by atoms with Gasteiger partial charge in [-0.25, -0.2) is 0 Å². The van der Waals surface area contributed by atoms with E-state index in [1.54, 1.807) is 0 Å². The summed E-state index contributed by atoms with van der Waals surface area (Å²) in [7, 11) is 0. The summed E-state index contributed by atoms with van der Waals surface area (Å²) >= 11 is 0. The van der Waals surface area contributed by atoms with E-state index in [0.717, 1.165) is 11.8 Å². The average Bonchev–Trinajstić information content (AvgIpc) is 2.63. The smallest absolute Gasteiger partial charge is 0.339 e. The predicted molar refractivity (Wildman–Crippen MR) is 91.2 cm³/mol. The third kappa shape index (κ3) is 4.15. The van der Waals surface area contributed by atoms with Crippen LogP contribution >= 0.6 is 0 Å². The molecule has 0 unspecified atom stereocenters. The molecule has 26 heavy (non-hydrogen) atoms. The van der Waals surface area contributed by atoms with Crippen LogP contribution in [0.2, 0.25) is 0 Å². The second-order valence-corrected chi connectivity index (χ2v) is 5.29. The van der Waals surface area contributed by atoms with Crippen LogP contribution in [0.4, 0.5) is 30.4 Å². The van der Waals surface area contributed by atoms with Crippen LogP contribution in [0.3, 0.4) is 0 Å². The zero-order valence-corrected chi connectivity index (χ0v) is 13.3. The number of para-hydroxylation sites is 2. The van der Waals surface area contributed by atoms with E-state index in [0.29, 0.717) is 5.82 Å². The lowest BCUT2D eigenvalue weighted by Crippen LogP contribution is -2.18. The molecule has 0 saturated carbocycles. The quantitative estimate of drug-likeness (QED) is 0.721. The number of nitrogens with zero attached hydrogens (tertiary/aromatic N) is 2. The number of alkyl halides is 3. The lowest BCUT2D eigenvalue weighted by molar-refractivity contribution is -0.136. The molecule has 0 aliphatic heterocycles. The van der Waals surface area contributed by atoms with Gasteiger partial charge in [-0.2, -0.15) is 13.2 Å². The van der Waals surface area contributed by atoms with Gasteiger partial charge in [0, 0.05) is 5.69 Å². The number of amides is 1. The third-order valence-corrected chi connectivity index (χ3v) is 3.42. The Labute approximate surface area is 146 Å². The first kappa shape index (κ1) is 17.4. The Bertz CT molecular complexity index is 896. The zero-order chi connectivity index (χ0) is 18.6. The minimum atomic E-state index is -4.57. The molecule has 0 bridgehead atoms. The molecule has 3 rings (SSSR count). The maximum Gasteiger partial charge on any atom is 0.418 e. The molecule has 0 radical (unpaired) electrons. The summed E-state index contributed by atoms with van der Waals surface area (Å²) in [5, 5.41) is 12.8. The van der Waals surface area contributed by atoms with E-state index < -0.39 is 17.6 Å². The van der Waals surface area contributed by atoms with Crippen molar-refractivity contribution in [1.82, 2.24) is 10.2 Å². The van der Waals surface area contributed by atoms with Gasteiger partial charge in [0.1, 0.15) is 0 Å². The lowest BCUT2D eigenvalue weighted by atomic mass is 10.1. The number of carbonyl (C=O) groups excluding carboxylic acids is 1. The van der Waals surface area contributed by atoms with E-state index in [4.69, 9.17) is 0 Å². The highest BCUT2D eigenvalue weighted by molar-refractivity contribution is 6.03. The number of benzene rings is 2. The molecule has 0 aliphatic rings. The highest BCUT2D eigenvalue weighted by Gasteiger charge is 2.33. The molecular weight excluding hydrogens is 345 g/mol. The molecule has 3 aromatic rings. The van der Waals surface area contributed by atoms with Crippen molar-refractivity contribution in [3.05, 3.63) is 78.0 Å². The van der Waals surface area contributed by atoms with E-state index in [9.17, 15) is 18.0 Å². The molecular formula is C18H13F3N4O. The standard InChI is InChI=1S/C18H13F3N4O/c19-18(20,21)13-8-4-5-9-14(13)23-17(26)15-10-11-16(25-24-15)22-12-6-2-1-3-7-12/h1-11H,(H,22,25)(H,23,26). The maximum absolute atomic E-state index is 13.0. The number of nitrogens with one attached hydrogen (secondary N) is 2. The fourth-order valence-corrected chi connectivity index (χ4v) is 2.22. The van der Waals surface area contributed by atoms with Gasteiger partial charge in [-0.1, -0.05) is 30.3 Å². The first-order valence-corrected chi connectivity index (χ1v) is 7.57. The number of halogens is 3. The maximum atomic E-state index is 13.0. The van der Waals surface area contributed by atoms with Crippen LogP contribution in [0.25, 0.3) is 0 Å². The van der Waals surface area contributed by atoms with E-state index in [-0.39, 0.29) is 11.4 Å². The number of carbonyl (C=O) groups is 1. The Morgan fingerprint density at radius 2 is 1.54 bits per heavy atom. The SMILES string of the molecule is O=C(Nc1ccccc1C(F)(F)F)c1ccc(Nc2ccccc2)nn1. The Balaban J connectivity index is 1.73. The Kier molecular flexibility index (Phi) is 4.83. The van der Waals surface area contributed by atoms with Crippen LogP contribution in [0.15, 0.2) is 66.7 Å². The minimum Gasteiger partial charge on any atom is -0.339 e. The molecule has 0 aliphatic carbocycles. The summed E-state index contributed by atoms with van der Waals surface area (Å²) in [6.07, 6.45) is -4.57. The van der Waals surface area contributed by atoms with Gasteiger partial charge in [0.2, 0.25) is 0 Å². The monoisotopic (exact) mass is 358 g/mol. The number of aromatic nitrogens is 2. The van der Waals surface area contributed by atoms with Gasteiger partial charge in [0.05, 0.1) is 11.3 Å². The molecule has 0 atom stereocenters. The number of hydrogen-bond donors (Lipinski definition) is 2. The van der Waals surface area contributed by atoms with E-state index in [1.807, 2.05) is 30.3 Å². The van der Waals surface area contributed by atoms with Crippen LogP contribution in [0, 0.1) is 0 Å². The van der Waals surface area contributed by atoms with Crippen LogP contribution in [0.1, 0.15) is 16.1 Å². The molecule has 8 heteroatoms. The van der Waals surface area contributed by atoms with Crippen molar-refractivity contribution in [1.29, 1.82) is 0 Å². The number of rotatable bonds is 4. The Morgan fingerprint density at radius 1 is 0.846 bits per heavy atom. The molecule has 1 amide bonds. The summed E-state index contributed by atoms with van der Waals surface area (Å²) in [4.78, 5) is 12.2. The zero-order valence-electron chi connectivity index (χ0n) is 13.3. The second kappa shape index (κ2) is 7.22. The fourth-order valence-electron chi connectivity index (χ4n) is 2.22. The molecule has 0 fully saturated rings. The van der Waals surface area contributed by atoms with Gasteiger partial charge >= 0.3 is 6.18 Å². The van der Waals surface area contributed by atoms with Crippen LogP contribution in [0.5, 0.6) is 0 Å². The highest BCUT2D eigenvalue weighted by atomic mass is 19.4. The van der Waals surface area contributed by atoms with Crippen LogP contribution in [-0.2, 0) is 6.18 Å². The van der Waals surface area contributed by atoms with Crippen molar-refractivity contribution >= 4 is 23.1 Å². The predicted octanol–water partition coefficient (Wildman–Crippen LogP) is 4.49. The van der Waals surface area contributed by atoms with Gasteiger partial charge < -0.3 is 10.6 Å². The molecule has 5 nitrogen and oxygen atoms in total. The highest BCUT2D eigenvalue weighted by Crippen LogP contribution is 2.34. The average molecular weight is 358 g/mol. The second-order valence-electron chi connectivity index (χ2n) is 5.29. The lowest BCUT2D eigenvalue weighted by Gasteiger charge is -2.13. The summed E-state index contributed by atoms with van der Waals surface area (Å²) in [5.41, 5.74) is -0.569. The topological polar surface area (TPSA) is 66.9 Å². The van der Waals surface area contributed by atoms with Gasteiger partial charge in [-0.05, 0) is 36.4 Å². The summed E-state index contributed by atoms with van der Waals surface area (Å²) in [6.45, 7) is 0. The largest absolute Gasteiger partial charge is 0.418 e. The minimum absolute atomic E-state index is 0.0967. The molecule has 2 N–H and O–H groups in total. The van der Waals surface area contributed by atoms with Crippen LogP contribution < -0.4 is 10.6 Å². The molecule has 1 aromatic heterocycles. The third-order valence-electron chi connectivity index (χ3n) is 3.42. The Hall–Kier alpha value is -3.42. The van der Waals surface area contributed by atoms with Crippen LogP contribution in [-0.4, -0.2) is 16.1 Å². The van der Waals surface area contributed by atoms with E-state index in [2.05, 4.69) is 20.8 Å². The van der Waals surface area contributed by atoms with E-state index in [1.165, 1.54) is 30.3 Å². The Morgan fingerprint density at radius 3 is 2.19 bits per heavy atom. The van der Waals surface area contributed by atoms with Crippen molar-refractivity contribution < 1.29 is 18.0 Å². The number of hydrogen-bond acceptors (Lipinski definition) is 4.